The van der Waals surface area contributed by atoms with Gasteiger partial charge in [0.2, 0.25) is 0 Å². The minimum atomic E-state index is -0.968. The van der Waals surface area contributed by atoms with Crippen LogP contribution >= 0.6 is 15.9 Å². The Bertz CT molecular complexity index is 757. The van der Waals surface area contributed by atoms with Gasteiger partial charge in [-0.1, -0.05) is 34.1 Å². The van der Waals surface area contributed by atoms with Gasteiger partial charge in [0, 0.05) is 22.8 Å². The van der Waals surface area contributed by atoms with Gasteiger partial charge in [-0.25, -0.2) is 0 Å². The van der Waals surface area contributed by atoms with Crippen LogP contribution in [-0.4, -0.2) is 24.0 Å². The molecule has 0 aromatic heterocycles. The average Bonchev–Trinajstić information content (AvgIpc) is 2.54. The molecule has 0 aliphatic carbocycles. The van der Waals surface area contributed by atoms with Crippen molar-refractivity contribution in [3.05, 3.63) is 63.6 Å². The first-order valence-electron chi connectivity index (χ1n) is 6.40. The zero-order valence-corrected chi connectivity index (χ0v) is 12.8. The largest absolute Gasteiger partial charge is 0.481 e. The van der Waals surface area contributed by atoms with Crippen LogP contribution in [0, 0.1) is 0 Å². The maximum atomic E-state index is 12.6. The van der Waals surface area contributed by atoms with E-state index in [0.717, 1.165) is 4.47 Å². The Kier molecular flexibility index (Phi) is 3.29. The fraction of sp³-hybridized carbons (Fsp3) is 0.125. The van der Waals surface area contributed by atoms with E-state index >= 15 is 0 Å². The average molecular weight is 346 g/mol. The molecule has 1 aliphatic rings. The third-order valence-electron chi connectivity index (χ3n) is 3.72. The highest BCUT2D eigenvalue weighted by Gasteiger charge is 2.34. The fourth-order valence-corrected chi connectivity index (χ4v) is 3.11. The number of halogens is 1. The molecule has 2 aromatic rings. The Hall–Kier alpha value is -2.14. The summed E-state index contributed by atoms with van der Waals surface area (Å²) in [6, 6.07) is 12.2. The summed E-state index contributed by atoms with van der Waals surface area (Å²) in [6.07, 6.45) is 0. The van der Waals surface area contributed by atoms with Crippen molar-refractivity contribution in [3.63, 3.8) is 0 Å². The summed E-state index contributed by atoms with van der Waals surface area (Å²) in [4.78, 5) is 25.9. The van der Waals surface area contributed by atoms with Crippen molar-refractivity contribution in [2.24, 2.45) is 0 Å². The molecule has 1 N–H and O–H groups in total. The molecule has 0 fully saturated rings. The molecule has 1 atom stereocenters. The van der Waals surface area contributed by atoms with Crippen LogP contribution in [0.4, 0.5) is 5.69 Å². The van der Waals surface area contributed by atoms with Crippen LogP contribution < -0.4 is 4.90 Å². The zero-order chi connectivity index (χ0) is 15.1. The fourth-order valence-electron chi connectivity index (χ4n) is 2.73. The van der Waals surface area contributed by atoms with Gasteiger partial charge in [-0.3, -0.25) is 9.59 Å². The van der Waals surface area contributed by atoms with Crippen molar-refractivity contribution in [3.8, 4) is 0 Å². The van der Waals surface area contributed by atoms with E-state index in [0.29, 0.717) is 22.4 Å². The number of carbonyl (C=O) groups is 2. The van der Waals surface area contributed by atoms with Gasteiger partial charge in [0.1, 0.15) is 5.92 Å². The van der Waals surface area contributed by atoms with E-state index in [2.05, 4.69) is 15.9 Å². The van der Waals surface area contributed by atoms with E-state index in [4.69, 9.17) is 0 Å². The number of carboxylic acid groups (broad SMARTS) is 1. The number of anilines is 1. The number of hydrogen-bond donors (Lipinski definition) is 1. The second-order valence-electron chi connectivity index (χ2n) is 4.93. The number of rotatable bonds is 1. The van der Waals surface area contributed by atoms with Crippen LogP contribution in [0.5, 0.6) is 0 Å². The Labute approximate surface area is 130 Å². The smallest absolute Gasteiger partial charge is 0.315 e. The van der Waals surface area contributed by atoms with Crippen LogP contribution in [0.1, 0.15) is 27.4 Å². The topological polar surface area (TPSA) is 57.6 Å². The van der Waals surface area contributed by atoms with E-state index < -0.39 is 11.9 Å². The first kappa shape index (κ1) is 13.8. The van der Waals surface area contributed by atoms with Crippen LogP contribution in [0.25, 0.3) is 0 Å². The maximum Gasteiger partial charge on any atom is 0.315 e. The van der Waals surface area contributed by atoms with E-state index in [9.17, 15) is 14.7 Å². The predicted molar refractivity (Wildman–Crippen MR) is 82.8 cm³/mol. The molecule has 1 aliphatic heterocycles. The lowest BCUT2D eigenvalue weighted by Crippen LogP contribution is -2.26. The molecule has 1 unspecified atom stereocenters. The van der Waals surface area contributed by atoms with Gasteiger partial charge in [-0.05, 0) is 35.4 Å². The number of hydrogen-bond acceptors (Lipinski definition) is 2. The van der Waals surface area contributed by atoms with E-state index in [1.807, 2.05) is 0 Å². The summed E-state index contributed by atoms with van der Waals surface area (Å²) >= 11 is 3.37. The van der Waals surface area contributed by atoms with Crippen molar-refractivity contribution < 1.29 is 14.7 Å². The highest BCUT2D eigenvalue weighted by atomic mass is 79.9. The number of fused-ring (bicyclic) bond motifs is 2. The Balaban J connectivity index is 2.38. The highest BCUT2D eigenvalue weighted by molar-refractivity contribution is 9.10. The highest BCUT2D eigenvalue weighted by Crippen LogP contribution is 2.39. The first-order chi connectivity index (χ1) is 10.0. The molecular formula is C16H12BrNO3. The standard InChI is InChI=1S/C16H12BrNO3/c1-18-13-7-6-9(17)8-12(13)14(16(20)21)10-4-2-3-5-11(10)15(18)19/h2-8,14H,1H3,(H,20,21). The number of carboxylic acids is 1. The first-order valence-corrected chi connectivity index (χ1v) is 7.19. The minimum absolute atomic E-state index is 0.196. The predicted octanol–water partition coefficient (Wildman–Crippen LogP) is 3.26. The molecule has 1 amide bonds. The third kappa shape index (κ3) is 2.14. The quantitative estimate of drug-likeness (QED) is 0.862. The van der Waals surface area contributed by atoms with Gasteiger partial charge >= 0.3 is 5.97 Å². The van der Waals surface area contributed by atoms with E-state index in [1.165, 1.54) is 4.90 Å². The summed E-state index contributed by atoms with van der Waals surface area (Å²) in [7, 11) is 1.66. The molecule has 0 radical (unpaired) electrons. The Morgan fingerprint density at radius 2 is 1.90 bits per heavy atom. The molecule has 5 heteroatoms. The normalized spacial score (nSPS) is 17.0. The molecule has 0 saturated carbocycles. The van der Waals surface area contributed by atoms with Gasteiger partial charge in [-0.15, -0.1) is 0 Å². The number of benzene rings is 2. The Morgan fingerprint density at radius 1 is 1.19 bits per heavy atom. The van der Waals surface area contributed by atoms with E-state index in [-0.39, 0.29) is 5.91 Å². The molecule has 1 heterocycles. The van der Waals surface area contributed by atoms with Crippen molar-refractivity contribution in [2.75, 3.05) is 11.9 Å². The molecule has 21 heavy (non-hydrogen) atoms. The maximum absolute atomic E-state index is 12.6. The number of nitrogens with zero attached hydrogens (tertiary/aromatic N) is 1. The lowest BCUT2D eigenvalue weighted by Gasteiger charge is -2.19. The summed E-state index contributed by atoms with van der Waals surface area (Å²) in [6.45, 7) is 0. The summed E-state index contributed by atoms with van der Waals surface area (Å²) in [5.41, 5.74) is 2.18. The lowest BCUT2D eigenvalue weighted by molar-refractivity contribution is -0.137. The number of amides is 1. The molecule has 2 aromatic carbocycles. The van der Waals surface area contributed by atoms with Crippen LogP contribution in [-0.2, 0) is 4.79 Å². The second-order valence-corrected chi connectivity index (χ2v) is 5.84. The van der Waals surface area contributed by atoms with Crippen molar-refractivity contribution in [1.82, 2.24) is 0 Å². The zero-order valence-electron chi connectivity index (χ0n) is 11.2. The van der Waals surface area contributed by atoms with Crippen molar-refractivity contribution in [2.45, 2.75) is 5.92 Å². The van der Waals surface area contributed by atoms with Gasteiger partial charge in [0.25, 0.3) is 5.91 Å². The van der Waals surface area contributed by atoms with Crippen molar-refractivity contribution in [1.29, 1.82) is 0 Å². The van der Waals surface area contributed by atoms with Gasteiger partial charge in [-0.2, -0.15) is 0 Å². The molecular weight excluding hydrogens is 334 g/mol. The molecule has 4 nitrogen and oxygen atoms in total. The minimum Gasteiger partial charge on any atom is -0.481 e. The molecule has 0 saturated heterocycles. The summed E-state index contributed by atoms with van der Waals surface area (Å²) in [5, 5.41) is 9.68. The second kappa shape index (κ2) is 5.00. The van der Waals surface area contributed by atoms with Crippen LogP contribution in [0.15, 0.2) is 46.9 Å². The Morgan fingerprint density at radius 3 is 2.62 bits per heavy atom. The third-order valence-corrected chi connectivity index (χ3v) is 4.21. The summed E-state index contributed by atoms with van der Waals surface area (Å²) < 4.78 is 0.785. The molecule has 3 rings (SSSR count). The lowest BCUT2D eigenvalue weighted by atomic mass is 9.88. The number of carbonyl (C=O) groups excluding carboxylic acids is 1. The van der Waals surface area contributed by atoms with Crippen LogP contribution in [0.2, 0.25) is 0 Å². The van der Waals surface area contributed by atoms with Gasteiger partial charge in [0.15, 0.2) is 0 Å². The van der Waals surface area contributed by atoms with E-state index in [1.54, 1.807) is 49.5 Å². The molecule has 0 spiro atoms. The van der Waals surface area contributed by atoms with Gasteiger partial charge < -0.3 is 10.0 Å². The van der Waals surface area contributed by atoms with Crippen molar-refractivity contribution >= 4 is 33.5 Å². The number of aliphatic carboxylic acids is 1. The molecule has 106 valence electrons. The monoisotopic (exact) mass is 345 g/mol. The van der Waals surface area contributed by atoms with Crippen LogP contribution in [0.3, 0.4) is 0 Å². The van der Waals surface area contributed by atoms with Gasteiger partial charge in [0.05, 0.1) is 0 Å². The SMILES string of the molecule is CN1C(=O)c2ccccc2C(C(=O)O)c2cc(Br)ccc21. The summed E-state index contributed by atoms with van der Waals surface area (Å²) in [5.74, 6) is -2.02. The molecule has 0 bridgehead atoms.